The van der Waals surface area contributed by atoms with Crippen molar-refractivity contribution in [1.82, 2.24) is 5.32 Å². The van der Waals surface area contributed by atoms with Crippen LogP contribution >= 0.6 is 0 Å². The molecule has 0 radical (unpaired) electrons. The van der Waals surface area contributed by atoms with Crippen molar-refractivity contribution in [2.45, 2.75) is 44.6 Å². The van der Waals surface area contributed by atoms with E-state index in [2.05, 4.69) is 12.2 Å². The molecule has 5 nitrogen and oxygen atoms in total. The van der Waals surface area contributed by atoms with Crippen molar-refractivity contribution in [2.75, 3.05) is 6.54 Å². The van der Waals surface area contributed by atoms with Crippen molar-refractivity contribution < 1.29 is 19.8 Å². The van der Waals surface area contributed by atoms with Gasteiger partial charge in [-0.1, -0.05) is 19.8 Å². The lowest BCUT2D eigenvalue weighted by Crippen LogP contribution is -2.46. The number of hydrogen-bond acceptors (Lipinski definition) is 3. The molecule has 2 fully saturated rings. The predicted molar refractivity (Wildman–Crippen MR) is 64.8 cm³/mol. The molecule has 18 heavy (non-hydrogen) atoms. The zero-order valence-electron chi connectivity index (χ0n) is 10.7. The Kier molecular flexibility index (Phi) is 3.61. The van der Waals surface area contributed by atoms with Gasteiger partial charge in [0.15, 0.2) is 0 Å². The number of aliphatic hydroxyl groups is 1. The third-order valence-electron chi connectivity index (χ3n) is 4.10. The van der Waals surface area contributed by atoms with E-state index >= 15 is 0 Å². The van der Waals surface area contributed by atoms with Gasteiger partial charge in [-0.2, -0.15) is 0 Å². The van der Waals surface area contributed by atoms with Crippen molar-refractivity contribution in [3.8, 4) is 0 Å². The van der Waals surface area contributed by atoms with Crippen LogP contribution in [0.15, 0.2) is 0 Å². The summed E-state index contributed by atoms with van der Waals surface area (Å²) in [6.45, 7) is 2.35. The summed E-state index contributed by atoms with van der Waals surface area (Å²) in [7, 11) is 0. The van der Waals surface area contributed by atoms with Gasteiger partial charge in [0.25, 0.3) is 0 Å². The van der Waals surface area contributed by atoms with Crippen LogP contribution in [0.1, 0.15) is 39.0 Å². The van der Waals surface area contributed by atoms with Gasteiger partial charge in [0.2, 0.25) is 5.91 Å². The van der Waals surface area contributed by atoms with Gasteiger partial charge in [-0.05, 0) is 25.2 Å². The van der Waals surface area contributed by atoms with Crippen LogP contribution in [-0.4, -0.2) is 34.2 Å². The minimum absolute atomic E-state index is 0.228. The predicted octanol–water partition coefficient (Wildman–Crippen LogP) is 0.764. The normalized spacial score (nSPS) is 39.1. The molecule has 0 aromatic heterocycles. The fourth-order valence-electron chi connectivity index (χ4n) is 2.93. The van der Waals surface area contributed by atoms with E-state index in [1.54, 1.807) is 0 Å². The SMILES string of the molecule is CC1CCCC(O)(CNC(=O)C2CC2C(=O)O)C1. The fourth-order valence-corrected chi connectivity index (χ4v) is 2.93. The Bertz CT molecular complexity index is 357. The molecule has 2 aliphatic carbocycles. The molecule has 2 saturated carbocycles. The van der Waals surface area contributed by atoms with E-state index in [1.807, 2.05) is 0 Å². The second-order valence-electron chi connectivity index (χ2n) is 5.93. The lowest BCUT2D eigenvalue weighted by molar-refractivity contribution is -0.140. The monoisotopic (exact) mass is 255 g/mol. The average molecular weight is 255 g/mol. The highest BCUT2D eigenvalue weighted by Crippen LogP contribution is 2.39. The van der Waals surface area contributed by atoms with Gasteiger partial charge in [0.05, 0.1) is 17.4 Å². The molecule has 2 aliphatic rings. The summed E-state index contributed by atoms with van der Waals surface area (Å²) in [4.78, 5) is 22.4. The first-order chi connectivity index (χ1) is 8.41. The Morgan fingerprint density at radius 2 is 2.11 bits per heavy atom. The third kappa shape index (κ3) is 3.02. The van der Waals surface area contributed by atoms with Gasteiger partial charge >= 0.3 is 5.97 Å². The molecule has 0 aromatic carbocycles. The lowest BCUT2D eigenvalue weighted by atomic mass is 9.79. The smallest absolute Gasteiger partial charge is 0.307 e. The van der Waals surface area contributed by atoms with Gasteiger partial charge in [-0.3, -0.25) is 9.59 Å². The fraction of sp³-hybridized carbons (Fsp3) is 0.846. The van der Waals surface area contributed by atoms with Crippen molar-refractivity contribution in [3.05, 3.63) is 0 Å². The van der Waals surface area contributed by atoms with Gasteiger partial charge in [-0.15, -0.1) is 0 Å². The molecule has 4 atom stereocenters. The number of carbonyl (C=O) groups excluding carboxylic acids is 1. The van der Waals surface area contributed by atoms with Crippen LogP contribution in [0, 0.1) is 17.8 Å². The topological polar surface area (TPSA) is 86.6 Å². The second kappa shape index (κ2) is 4.88. The molecule has 1 amide bonds. The van der Waals surface area contributed by atoms with E-state index in [0.29, 0.717) is 25.2 Å². The molecule has 2 rings (SSSR count). The average Bonchev–Trinajstić information content (AvgIpc) is 3.05. The van der Waals surface area contributed by atoms with Crippen molar-refractivity contribution in [3.63, 3.8) is 0 Å². The standard InChI is InChI=1S/C13H21NO4/c1-8-3-2-4-13(18,6-8)7-14-11(15)9-5-10(9)12(16)17/h8-10,18H,2-7H2,1H3,(H,14,15)(H,16,17). The van der Waals surface area contributed by atoms with Gasteiger partial charge < -0.3 is 15.5 Å². The molecule has 0 aromatic rings. The first-order valence-corrected chi connectivity index (χ1v) is 6.64. The number of rotatable bonds is 4. The molecule has 3 N–H and O–H groups in total. The highest BCUT2D eigenvalue weighted by Gasteiger charge is 2.48. The van der Waals surface area contributed by atoms with Crippen LogP contribution in [0.4, 0.5) is 0 Å². The molecular formula is C13H21NO4. The number of aliphatic carboxylic acids is 1. The summed E-state index contributed by atoms with van der Waals surface area (Å²) in [6.07, 6.45) is 3.95. The molecule has 0 bridgehead atoms. The van der Waals surface area contributed by atoms with Gasteiger partial charge in [0, 0.05) is 6.54 Å². The molecule has 0 spiro atoms. The summed E-state index contributed by atoms with van der Waals surface area (Å²) < 4.78 is 0. The zero-order valence-corrected chi connectivity index (χ0v) is 10.7. The van der Waals surface area contributed by atoms with E-state index in [0.717, 1.165) is 12.8 Å². The van der Waals surface area contributed by atoms with Crippen LogP contribution in [0.5, 0.6) is 0 Å². The molecule has 0 heterocycles. The maximum absolute atomic E-state index is 11.7. The van der Waals surface area contributed by atoms with Crippen LogP contribution in [0.2, 0.25) is 0 Å². The molecule has 0 aliphatic heterocycles. The number of amides is 1. The van der Waals surface area contributed by atoms with Gasteiger partial charge in [0.1, 0.15) is 0 Å². The quantitative estimate of drug-likeness (QED) is 0.692. The Labute approximate surface area is 107 Å². The van der Waals surface area contributed by atoms with E-state index in [-0.39, 0.29) is 12.5 Å². The molecule has 0 saturated heterocycles. The van der Waals surface area contributed by atoms with Crippen molar-refractivity contribution in [1.29, 1.82) is 0 Å². The highest BCUT2D eigenvalue weighted by molar-refractivity contribution is 5.89. The Morgan fingerprint density at radius 3 is 2.67 bits per heavy atom. The number of carbonyl (C=O) groups is 2. The van der Waals surface area contributed by atoms with E-state index in [9.17, 15) is 14.7 Å². The number of nitrogens with one attached hydrogen (secondary N) is 1. The largest absolute Gasteiger partial charge is 0.481 e. The summed E-state index contributed by atoms with van der Waals surface area (Å²) in [5.41, 5.74) is -0.805. The first kappa shape index (κ1) is 13.3. The molecule has 102 valence electrons. The van der Waals surface area contributed by atoms with Crippen LogP contribution in [0.25, 0.3) is 0 Å². The highest BCUT2D eigenvalue weighted by atomic mass is 16.4. The summed E-state index contributed by atoms with van der Waals surface area (Å²) in [6, 6.07) is 0. The summed E-state index contributed by atoms with van der Waals surface area (Å²) in [5, 5.41) is 21.8. The minimum atomic E-state index is -0.903. The Balaban J connectivity index is 1.78. The van der Waals surface area contributed by atoms with Gasteiger partial charge in [-0.25, -0.2) is 0 Å². The van der Waals surface area contributed by atoms with E-state index < -0.39 is 23.4 Å². The molecular weight excluding hydrogens is 234 g/mol. The first-order valence-electron chi connectivity index (χ1n) is 6.64. The maximum Gasteiger partial charge on any atom is 0.307 e. The summed E-state index contributed by atoms with van der Waals surface area (Å²) in [5.74, 6) is -1.57. The van der Waals surface area contributed by atoms with E-state index in [1.165, 1.54) is 0 Å². The second-order valence-corrected chi connectivity index (χ2v) is 5.93. The number of hydrogen-bond donors (Lipinski definition) is 3. The molecule has 4 unspecified atom stereocenters. The summed E-state index contributed by atoms with van der Waals surface area (Å²) >= 11 is 0. The minimum Gasteiger partial charge on any atom is -0.481 e. The zero-order chi connectivity index (χ0) is 13.3. The van der Waals surface area contributed by atoms with E-state index in [4.69, 9.17) is 5.11 Å². The van der Waals surface area contributed by atoms with Crippen molar-refractivity contribution >= 4 is 11.9 Å². The molecule has 5 heteroatoms. The Morgan fingerprint density at radius 1 is 1.39 bits per heavy atom. The Hall–Kier alpha value is -1.10. The lowest BCUT2D eigenvalue weighted by Gasteiger charge is -2.35. The maximum atomic E-state index is 11.7. The van der Waals surface area contributed by atoms with Crippen LogP contribution in [-0.2, 0) is 9.59 Å². The number of carboxylic acid groups (broad SMARTS) is 1. The third-order valence-corrected chi connectivity index (χ3v) is 4.10. The van der Waals surface area contributed by atoms with Crippen molar-refractivity contribution in [2.24, 2.45) is 17.8 Å². The number of carboxylic acids is 1. The van der Waals surface area contributed by atoms with Crippen LogP contribution in [0.3, 0.4) is 0 Å². The van der Waals surface area contributed by atoms with Crippen LogP contribution < -0.4 is 5.32 Å².